The number of ether oxygens (including phenoxy) is 1. The first kappa shape index (κ1) is 18.8. The van der Waals surface area contributed by atoms with Gasteiger partial charge in [0.15, 0.2) is 5.82 Å². The van der Waals surface area contributed by atoms with Crippen molar-refractivity contribution in [2.75, 3.05) is 0 Å². The minimum absolute atomic E-state index is 0.229. The van der Waals surface area contributed by atoms with Crippen molar-refractivity contribution >= 4 is 11.0 Å². The first-order valence-corrected chi connectivity index (χ1v) is 9.97. The van der Waals surface area contributed by atoms with Gasteiger partial charge in [0.25, 0.3) is 0 Å². The Kier molecular flexibility index (Phi) is 5.02. The summed E-state index contributed by atoms with van der Waals surface area (Å²) in [5.41, 5.74) is 4.40. The topological polar surface area (TPSA) is 91.5 Å². The first-order valence-electron chi connectivity index (χ1n) is 9.97. The van der Waals surface area contributed by atoms with Crippen LogP contribution in [0.4, 0.5) is 0 Å². The fourth-order valence-electron chi connectivity index (χ4n) is 3.36. The van der Waals surface area contributed by atoms with Crippen molar-refractivity contribution < 1.29 is 4.74 Å². The molecule has 3 aromatic heterocycles. The van der Waals surface area contributed by atoms with Gasteiger partial charge in [0.05, 0.1) is 6.20 Å². The molecule has 0 atom stereocenters. The molecule has 31 heavy (non-hydrogen) atoms. The fraction of sp³-hybridized carbons (Fsp3) is 0.130. The highest BCUT2D eigenvalue weighted by atomic mass is 16.5. The number of benzene rings is 2. The van der Waals surface area contributed by atoms with Gasteiger partial charge in [-0.2, -0.15) is 10.2 Å². The Labute approximate surface area is 178 Å². The van der Waals surface area contributed by atoms with Crippen LogP contribution in [0.5, 0.6) is 5.88 Å². The maximum absolute atomic E-state index is 6.13. The Morgan fingerprint density at radius 3 is 2.29 bits per heavy atom. The zero-order valence-corrected chi connectivity index (χ0v) is 16.9. The number of rotatable bonds is 6. The zero-order valence-electron chi connectivity index (χ0n) is 16.9. The molecule has 0 aliphatic carbocycles. The molecular formula is C23H19N7O. The highest BCUT2D eigenvalue weighted by Gasteiger charge is 2.17. The van der Waals surface area contributed by atoms with Crippen LogP contribution in [0.1, 0.15) is 12.7 Å². The average Bonchev–Trinajstić information content (AvgIpc) is 3.30. The number of nitrogens with zero attached hydrogens (tertiary/aromatic N) is 7. The summed E-state index contributed by atoms with van der Waals surface area (Å²) in [5, 5.41) is 12.7. The Balaban J connectivity index is 1.65. The molecule has 0 saturated heterocycles. The molecule has 0 unspecified atom stereocenters. The maximum atomic E-state index is 6.13. The molecule has 0 bridgehead atoms. The second kappa shape index (κ2) is 8.27. The number of aromatic nitrogens is 7. The number of fused-ring (bicyclic) bond motifs is 1. The van der Waals surface area contributed by atoms with E-state index in [9.17, 15) is 0 Å². The van der Waals surface area contributed by atoms with E-state index in [4.69, 9.17) is 14.7 Å². The monoisotopic (exact) mass is 409 g/mol. The van der Waals surface area contributed by atoms with Crippen LogP contribution >= 0.6 is 0 Å². The molecule has 3 heterocycles. The van der Waals surface area contributed by atoms with E-state index in [-0.39, 0.29) is 6.61 Å². The lowest BCUT2D eigenvalue weighted by Gasteiger charge is -2.12. The smallest absolute Gasteiger partial charge is 0.241 e. The summed E-state index contributed by atoms with van der Waals surface area (Å²) in [5.74, 6) is 1.13. The van der Waals surface area contributed by atoms with Gasteiger partial charge in [-0.25, -0.2) is 19.6 Å². The predicted molar refractivity (Wildman–Crippen MR) is 116 cm³/mol. The Hall–Kier alpha value is -4.20. The van der Waals surface area contributed by atoms with Crippen molar-refractivity contribution in [2.45, 2.75) is 20.1 Å². The van der Waals surface area contributed by atoms with E-state index in [1.165, 1.54) is 6.33 Å². The molecule has 0 aliphatic rings. The zero-order chi connectivity index (χ0) is 21.0. The lowest BCUT2D eigenvalue weighted by atomic mass is 10.1. The molecule has 0 saturated carbocycles. The van der Waals surface area contributed by atoms with Gasteiger partial charge in [0, 0.05) is 17.7 Å². The second-order valence-corrected chi connectivity index (χ2v) is 6.82. The molecule has 0 amide bonds. The van der Waals surface area contributed by atoms with Crippen molar-refractivity contribution in [3.8, 4) is 28.4 Å². The molecule has 0 N–H and O–H groups in total. The fourth-order valence-corrected chi connectivity index (χ4v) is 3.36. The average molecular weight is 409 g/mol. The highest BCUT2D eigenvalue weighted by molar-refractivity contribution is 5.90. The van der Waals surface area contributed by atoms with Crippen molar-refractivity contribution in [3.05, 3.63) is 79.0 Å². The van der Waals surface area contributed by atoms with Crippen LogP contribution in [0.3, 0.4) is 0 Å². The van der Waals surface area contributed by atoms with E-state index in [0.717, 1.165) is 17.0 Å². The quantitative estimate of drug-likeness (QED) is 0.419. The van der Waals surface area contributed by atoms with Gasteiger partial charge < -0.3 is 4.74 Å². The van der Waals surface area contributed by atoms with E-state index >= 15 is 0 Å². The van der Waals surface area contributed by atoms with E-state index in [2.05, 4.69) is 20.3 Å². The number of aryl methyl sites for hydroxylation is 1. The van der Waals surface area contributed by atoms with E-state index < -0.39 is 0 Å². The molecule has 8 nitrogen and oxygen atoms in total. The summed E-state index contributed by atoms with van der Waals surface area (Å²) in [4.78, 5) is 14.0. The maximum Gasteiger partial charge on any atom is 0.241 e. The molecule has 8 heteroatoms. The van der Waals surface area contributed by atoms with Gasteiger partial charge in [-0.1, -0.05) is 60.7 Å². The molecule has 0 spiro atoms. The van der Waals surface area contributed by atoms with Crippen LogP contribution in [0, 0.1) is 0 Å². The minimum atomic E-state index is 0.229. The third-order valence-electron chi connectivity index (χ3n) is 4.88. The molecule has 0 fully saturated rings. The van der Waals surface area contributed by atoms with Gasteiger partial charge >= 0.3 is 0 Å². The summed E-state index contributed by atoms with van der Waals surface area (Å²) in [6.45, 7) is 2.95. The van der Waals surface area contributed by atoms with Gasteiger partial charge in [-0.05, 0) is 6.92 Å². The van der Waals surface area contributed by atoms with Gasteiger partial charge in [-0.15, -0.1) is 5.10 Å². The third-order valence-corrected chi connectivity index (χ3v) is 4.88. The standard InChI is InChI=1S/C23H19N7O/c1-2-30-19(24-15-26-30)14-31-23-21(17-11-7-4-8-12-17)27-18-13-25-29-20(22(18)28-23)16-9-5-3-6-10-16/h3-13,15H,2,14H2,1H3. The second-order valence-electron chi connectivity index (χ2n) is 6.82. The minimum Gasteiger partial charge on any atom is -0.468 e. The van der Waals surface area contributed by atoms with Crippen molar-refractivity contribution in [1.29, 1.82) is 0 Å². The summed E-state index contributed by atoms with van der Waals surface area (Å²) < 4.78 is 7.92. The summed E-state index contributed by atoms with van der Waals surface area (Å²) in [6, 6.07) is 19.6. The van der Waals surface area contributed by atoms with Gasteiger partial charge in [0.2, 0.25) is 5.88 Å². The highest BCUT2D eigenvalue weighted by Crippen LogP contribution is 2.32. The van der Waals surface area contributed by atoms with Crippen molar-refractivity contribution in [1.82, 2.24) is 34.9 Å². The van der Waals surface area contributed by atoms with Crippen LogP contribution in [0.15, 0.2) is 73.2 Å². The summed E-state index contributed by atoms with van der Waals surface area (Å²) in [6.07, 6.45) is 3.15. The van der Waals surface area contributed by atoms with Crippen LogP contribution < -0.4 is 4.74 Å². The Morgan fingerprint density at radius 1 is 0.871 bits per heavy atom. The molecule has 0 aliphatic heterocycles. The molecule has 2 aromatic carbocycles. The summed E-state index contributed by atoms with van der Waals surface area (Å²) >= 11 is 0. The van der Waals surface area contributed by atoms with E-state index in [1.807, 2.05) is 67.6 Å². The molecule has 152 valence electrons. The SMILES string of the molecule is CCn1ncnc1COc1nc2c(-c3ccccc3)nncc2nc1-c1ccccc1. The molecule has 0 radical (unpaired) electrons. The third kappa shape index (κ3) is 3.71. The lowest BCUT2D eigenvalue weighted by molar-refractivity contribution is 0.277. The largest absolute Gasteiger partial charge is 0.468 e. The molecule has 5 rings (SSSR count). The molecule has 5 aromatic rings. The predicted octanol–water partition coefficient (Wildman–Crippen LogP) is 3.94. The van der Waals surface area contributed by atoms with Gasteiger partial charge in [0.1, 0.15) is 35.4 Å². The van der Waals surface area contributed by atoms with Crippen LogP contribution in [-0.2, 0) is 13.2 Å². The van der Waals surface area contributed by atoms with Crippen molar-refractivity contribution in [3.63, 3.8) is 0 Å². The first-order chi connectivity index (χ1) is 15.3. The summed E-state index contributed by atoms with van der Waals surface area (Å²) in [7, 11) is 0. The van der Waals surface area contributed by atoms with Crippen molar-refractivity contribution in [2.24, 2.45) is 0 Å². The number of hydrogen-bond donors (Lipinski definition) is 0. The Morgan fingerprint density at radius 2 is 1.58 bits per heavy atom. The van der Waals surface area contributed by atoms with E-state index in [0.29, 0.717) is 34.8 Å². The molecular weight excluding hydrogens is 390 g/mol. The Bertz CT molecular complexity index is 1320. The number of hydrogen-bond acceptors (Lipinski definition) is 7. The van der Waals surface area contributed by atoms with Crippen LogP contribution in [0.25, 0.3) is 33.5 Å². The normalized spacial score (nSPS) is 11.0. The van der Waals surface area contributed by atoms with Crippen LogP contribution in [0.2, 0.25) is 0 Å². The van der Waals surface area contributed by atoms with Crippen LogP contribution in [-0.4, -0.2) is 34.9 Å². The van der Waals surface area contributed by atoms with E-state index in [1.54, 1.807) is 10.9 Å². The lowest BCUT2D eigenvalue weighted by Crippen LogP contribution is -2.09. The van der Waals surface area contributed by atoms with Gasteiger partial charge in [-0.3, -0.25) is 0 Å².